The number of carboxylic acid groups (broad SMARTS) is 1. The fourth-order valence-electron chi connectivity index (χ4n) is 4.47. The highest BCUT2D eigenvalue weighted by atomic mass is 32.2. The molecule has 2 amide bonds. The van der Waals surface area contributed by atoms with Gasteiger partial charge in [-0.2, -0.15) is 4.31 Å². The monoisotopic (exact) mass is 865 g/mol. The Morgan fingerprint density at radius 3 is 2.38 bits per heavy atom. The summed E-state index contributed by atoms with van der Waals surface area (Å²) in [4.78, 5) is 97.1. The first-order valence-corrected chi connectivity index (χ1v) is 20.9. The van der Waals surface area contributed by atoms with E-state index in [0.29, 0.717) is 6.08 Å². The lowest BCUT2D eigenvalue weighted by atomic mass is 9.87. The van der Waals surface area contributed by atoms with Gasteiger partial charge >= 0.3 is 29.4 Å². The first kappa shape index (κ1) is 46.2. The minimum Gasteiger partial charge on any atom is -0.478 e. The second-order valence-electron chi connectivity index (χ2n) is 11.9. The van der Waals surface area contributed by atoms with Gasteiger partial charge in [0.05, 0.1) is 19.5 Å². The maximum atomic E-state index is 12.6. The van der Waals surface area contributed by atoms with Crippen LogP contribution >= 0.6 is 35.2 Å². The molecule has 26 nitrogen and oxygen atoms in total. The van der Waals surface area contributed by atoms with Crippen LogP contribution in [-0.4, -0.2) is 134 Å². The van der Waals surface area contributed by atoms with Gasteiger partial charge in [-0.05, 0) is 6.08 Å². The van der Waals surface area contributed by atoms with Crippen molar-refractivity contribution in [3.63, 3.8) is 0 Å². The molecule has 7 unspecified atom stereocenters. The maximum Gasteiger partial charge on any atom is 0.481 e. The number of nitrogens with zero attached hydrogens (tertiary/aromatic N) is 4. The summed E-state index contributed by atoms with van der Waals surface area (Å²) in [5, 5.41) is 34.1. The van der Waals surface area contributed by atoms with E-state index in [4.69, 9.17) is 24.6 Å². The summed E-state index contributed by atoms with van der Waals surface area (Å²) in [6.45, 7) is 0.151. The van der Waals surface area contributed by atoms with Gasteiger partial charge < -0.3 is 56.0 Å². The van der Waals surface area contributed by atoms with E-state index in [1.54, 1.807) is 0 Å². The zero-order chi connectivity index (χ0) is 41.4. The number of nitrogens with two attached hydrogens (primary N) is 1. The van der Waals surface area contributed by atoms with Gasteiger partial charge in [-0.1, -0.05) is 25.6 Å². The molecule has 7 atom stereocenters. The molecule has 0 bridgehead atoms. The number of carboxylic acids is 1. The molecule has 308 valence electrons. The van der Waals surface area contributed by atoms with Gasteiger partial charge in [0.1, 0.15) is 36.3 Å². The van der Waals surface area contributed by atoms with Crippen LogP contribution in [0.4, 0.5) is 5.82 Å². The Kier molecular flexibility index (Phi) is 16.2. The van der Waals surface area contributed by atoms with Crippen molar-refractivity contribution in [2.75, 3.05) is 37.8 Å². The number of hydrogen-bond donors (Lipinski definition) is 10. The Morgan fingerprint density at radius 1 is 1.05 bits per heavy atom. The van der Waals surface area contributed by atoms with Crippen LogP contribution < -0.4 is 16.4 Å². The highest BCUT2D eigenvalue weighted by molar-refractivity contribution is 8.14. The summed E-state index contributed by atoms with van der Waals surface area (Å²) in [5.41, 5.74) is 4.19. The van der Waals surface area contributed by atoms with Gasteiger partial charge in [-0.15, -0.1) is 0 Å². The van der Waals surface area contributed by atoms with Gasteiger partial charge in [0.15, 0.2) is 17.7 Å². The number of phosphoric ester groups is 3. The number of amides is 2. The lowest BCUT2D eigenvalue weighted by Gasteiger charge is -2.30. The Morgan fingerprint density at radius 2 is 1.73 bits per heavy atom. The average molecular weight is 866 g/mol. The minimum absolute atomic E-state index is 0.0182. The molecule has 1 aliphatic heterocycles. The second kappa shape index (κ2) is 19.3. The highest BCUT2D eigenvalue weighted by Gasteiger charge is 2.50. The van der Waals surface area contributed by atoms with Gasteiger partial charge in [0, 0.05) is 36.8 Å². The van der Waals surface area contributed by atoms with Gasteiger partial charge in [-0.3, -0.25) is 32.5 Å². The first-order chi connectivity index (χ1) is 25.4. The van der Waals surface area contributed by atoms with E-state index < -0.39 is 95.6 Å². The number of aliphatic hydroxyl groups excluding tert-OH is 2. The third-order valence-corrected chi connectivity index (χ3v) is 11.0. The number of carbonyl (C=O) groups excluding carboxylic acids is 3. The number of carbonyl (C=O) groups is 4. The molecule has 3 heterocycles. The number of aromatic nitrogens is 4. The molecule has 0 saturated carbocycles. The smallest absolute Gasteiger partial charge is 0.478 e. The number of imidazole rings is 1. The van der Waals surface area contributed by atoms with E-state index in [1.807, 2.05) is 0 Å². The van der Waals surface area contributed by atoms with Crippen molar-refractivity contribution >= 4 is 75.1 Å². The number of nitrogen functional groups attached to an aromatic ring is 1. The molecular formula is C25H38N7O19P3S. The summed E-state index contributed by atoms with van der Waals surface area (Å²) < 4.78 is 61.9. The van der Waals surface area contributed by atoms with Crippen LogP contribution in [0, 0.1) is 5.41 Å². The molecule has 30 heteroatoms. The van der Waals surface area contributed by atoms with Crippen molar-refractivity contribution in [2.24, 2.45) is 5.41 Å². The minimum atomic E-state index is -5.59. The van der Waals surface area contributed by atoms with Crippen molar-refractivity contribution in [1.82, 2.24) is 30.2 Å². The standard InChI is InChI=1S/C25H38N7O19P3S/c1-25(2,20(38)23(39)28-6-5-14(33)27-7-8-55-16(36)4-3-15(34)35)10-48-54(45,46)51-53(43,44)47-9-13-19(50-52(40,41)42)18(37)24(49-13)32-12-31-17-21(26)29-11-30-22(17)32/h3-4,11-13,18-20,24,37-38H,5-10H2,1-2H3,(H,27,33)(H,28,39)(H,34,35)(H,43,44)(H,45,46)(H2,26,29,30)(H2,40,41,42)/b4-3-. The number of fused-ring (bicyclic) bond motifs is 1. The number of thioether (sulfide) groups is 1. The van der Waals surface area contributed by atoms with E-state index in [2.05, 4.69) is 34.4 Å². The van der Waals surface area contributed by atoms with Crippen LogP contribution in [0.15, 0.2) is 24.8 Å². The maximum absolute atomic E-state index is 12.6. The molecule has 2 aromatic rings. The number of phosphoric acid groups is 3. The van der Waals surface area contributed by atoms with Gasteiger partial charge in [0.2, 0.25) is 16.9 Å². The first-order valence-electron chi connectivity index (χ1n) is 15.4. The predicted molar refractivity (Wildman–Crippen MR) is 184 cm³/mol. The number of rotatable bonds is 21. The predicted octanol–water partition coefficient (Wildman–Crippen LogP) is -1.69. The SMILES string of the molecule is CC(C)(COP(=O)(O)OP(=O)(O)OCC1OC(n2cnc3c(N)ncnc32)C(O)C1OP(=O)(O)O)C(O)C(=O)NCCC(=O)NCCSC(=O)/C=C\C(=O)O. The molecule has 0 spiro atoms. The lowest BCUT2D eigenvalue weighted by molar-refractivity contribution is -0.137. The number of aliphatic hydroxyl groups is 2. The van der Waals surface area contributed by atoms with Crippen LogP contribution in [0.5, 0.6) is 0 Å². The zero-order valence-electron chi connectivity index (χ0n) is 28.6. The van der Waals surface area contributed by atoms with Crippen molar-refractivity contribution < 1.29 is 90.4 Å². The number of nitrogens with one attached hydrogen (secondary N) is 2. The van der Waals surface area contributed by atoms with Crippen LogP contribution in [0.2, 0.25) is 0 Å². The Balaban J connectivity index is 1.50. The molecule has 2 aromatic heterocycles. The van der Waals surface area contributed by atoms with E-state index in [-0.39, 0.29) is 42.2 Å². The van der Waals surface area contributed by atoms with E-state index >= 15 is 0 Å². The Bertz CT molecular complexity index is 1890. The van der Waals surface area contributed by atoms with Gasteiger partial charge in [-0.25, -0.2) is 33.4 Å². The summed E-state index contributed by atoms with van der Waals surface area (Å²) >= 11 is 0.762. The Hall–Kier alpha value is -3.23. The van der Waals surface area contributed by atoms with Crippen molar-refractivity contribution in [1.29, 1.82) is 0 Å². The van der Waals surface area contributed by atoms with Crippen molar-refractivity contribution in [2.45, 2.75) is 50.9 Å². The summed E-state index contributed by atoms with van der Waals surface area (Å²) in [5.74, 6) is -2.77. The molecule has 0 radical (unpaired) electrons. The molecule has 55 heavy (non-hydrogen) atoms. The topological polar surface area (TPSA) is 401 Å². The number of ether oxygens (including phenoxy) is 1. The summed E-state index contributed by atoms with van der Waals surface area (Å²) in [7, 11) is -16.4. The quantitative estimate of drug-likeness (QED) is 0.0380. The average Bonchev–Trinajstić information content (AvgIpc) is 3.63. The highest BCUT2D eigenvalue weighted by Crippen LogP contribution is 2.61. The van der Waals surface area contributed by atoms with E-state index in [9.17, 15) is 62.7 Å². The van der Waals surface area contributed by atoms with Crippen LogP contribution in [0.1, 0.15) is 26.5 Å². The number of aliphatic carboxylic acids is 1. The van der Waals surface area contributed by atoms with Gasteiger partial charge in [0.25, 0.3) is 0 Å². The molecule has 1 fully saturated rings. The van der Waals surface area contributed by atoms with Crippen LogP contribution in [0.3, 0.4) is 0 Å². The molecule has 1 saturated heterocycles. The molecule has 3 rings (SSSR count). The number of anilines is 1. The third kappa shape index (κ3) is 14.3. The van der Waals surface area contributed by atoms with E-state index in [1.165, 1.54) is 13.8 Å². The fraction of sp³-hybridized carbons (Fsp3) is 0.560. The zero-order valence-corrected chi connectivity index (χ0v) is 32.1. The van der Waals surface area contributed by atoms with Crippen molar-refractivity contribution in [3.05, 3.63) is 24.8 Å². The van der Waals surface area contributed by atoms with E-state index in [0.717, 1.165) is 35.1 Å². The molecular weight excluding hydrogens is 827 g/mol. The summed E-state index contributed by atoms with van der Waals surface area (Å²) in [6.07, 6.45) is -5.59. The Labute approximate surface area is 314 Å². The molecule has 0 aliphatic carbocycles. The molecule has 0 aromatic carbocycles. The normalized spacial score (nSPS) is 21.9. The number of hydrogen-bond acceptors (Lipinski definition) is 19. The molecule has 11 N–H and O–H groups in total. The lowest BCUT2D eigenvalue weighted by Crippen LogP contribution is -2.46. The fourth-order valence-corrected chi connectivity index (χ4v) is 7.87. The summed E-state index contributed by atoms with van der Waals surface area (Å²) in [6, 6.07) is 0. The molecule has 1 aliphatic rings. The third-order valence-electron chi connectivity index (χ3n) is 7.11. The van der Waals surface area contributed by atoms with Crippen LogP contribution in [0.25, 0.3) is 11.2 Å². The second-order valence-corrected chi connectivity index (χ2v) is 17.2. The van der Waals surface area contributed by atoms with Crippen molar-refractivity contribution in [3.8, 4) is 0 Å². The largest absolute Gasteiger partial charge is 0.481 e. The van der Waals surface area contributed by atoms with Crippen LogP contribution in [-0.2, 0) is 55.5 Å².